The number of rotatable bonds is 8. The number of benzene rings is 1. The van der Waals surface area contributed by atoms with Gasteiger partial charge in [0, 0.05) is 36.4 Å². The summed E-state index contributed by atoms with van der Waals surface area (Å²) in [5.41, 5.74) is 2.18. The van der Waals surface area contributed by atoms with Gasteiger partial charge in [0.1, 0.15) is 6.61 Å². The normalized spacial score (nSPS) is 14.8. The van der Waals surface area contributed by atoms with Crippen LogP contribution in [0.25, 0.3) is 11.3 Å². The number of ketones is 1. The van der Waals surface area contributed by atoms with Gasteiger partial charge >= 0.3 is 0 Å². The molecule has 0 amide bonds. The topological polar surface area (TPSA) is 57.5 Å². The Balaban J connectivity index is 2.15. The number of methoxy groups -OCH3 is 1. The summed E-state index contributed by atoms with van der Waals surface area (Å²) in [6.07, 6.45) is 3.21. The number of hydrogen-bond donors (Lipinski definition) is 0. The summed E-state index contributed by atoms with van der Waals surface area (Å²) in [5.74, 6) is 0.617. The molecule has 33 heavy (non-hydrogen) atoms. The van der Waals surface area contributed by atoms with Gasteiger partial charge in [0.15, 0.2) is 22.7 Å². The molecule has 0 saturated carbocycles. The number of Topliss-reactive ketones (excluding diaryl/α,β-unsaturated/α-hetero) is 1. The molecule has 2 aromatic rings. The molecule has 0 N–H and O–H groups in total. The number of fused-ring (bicyclic) bond motifs is 3. The van der Waals surface area contributed by atoms with Crippen LogP contribution in [0.2, 0.25) is 0 Å². The van der Waals surface area contributed by atoms with Crippen LogP contribution in [-0.4, -0.2) is 24.1 Å². The second-order valence-electron chi connectivity index (χ2n) is 9.42. The van der Waals surface area contributed by atoms with E-state index in [1.54, 1.807) is 18.3 Å². The fraction of sp³-hybridized carbons (Fsp3) is 0.462. The Hall–Kier alpha value is -2.96. The van der Waals surface area contributed by atoms with Gasteiger partial charge in [-0.25, -0.2) is 0 Å². The number of pyridine rings is 1. The number of carbonyl (C=O) groups excluding carboxylic acids is 1. The maximum absolute atomic E-state index is 12.9. The number of carbonyl (C=O) groups is 1. The number of halogens is 2. The van der Waals surface area contributed by atoms with E-state index in [0.717, 1.165) is 24.0 Å². The predicted molar refractivity (Wildman–Crippen MR) is 125 cm³/mol. The highest BCUT2D eigenvalue weighted by Gasteiger charge is 2.34. The molecule has 0 aliphatic carbocycles. The van der Waals surface area contributed by atoms with Crippen molar-refractivity contribution in [2.75, 3.05) is 13.7 Å². The summed E-state index contributed by atoms with van der Waals surface area (Å²) in [6, 6.07) is 5.06. The van der Waals surface area contributed by atoms with E-state index in [0.29, 0.717) is 36.1 Å². The molecule has 1 aliphatic rings. The average molecular weight is 460 g/mol. The molecule has 178 valence electrons. The number of nitrogens with zero attached hydrogens (tertiary/aromatic N) is 1. The van der Waals surface area contributed by atoms with Crippen LogP contribution in [-0.2, 0) is 6.42 Å². The Morgan fingerprint density at radius 3 is 2.55 bits per heavy atom. The van der Waals surface area contributed by atoms with Crippen molar-refractivity contribution < 1.29 is 23.0 Å². The fourth-order valence-electron chi connectivity index (χ4n) is 4.21. The molecule has 5 nitrogen and oxygen atoms in total. The molecule has 7 heteroatoms. The Kier molecular flexibility index (Phi) is 7.40. The van der Waals surface area contributed by atoms with Gasteiger partial charge in [-0.2, -0.15) is 8.78 Å². The van der Waals surface area contributed by atoms with Crippen LogP contribution in [0.5, 0.6) is 11.5 Å². The maximum atomic E-state index is 12.9. The first-order valence-electron chi connectivity index (χ1n) is 11.2. The summed E-state index contributed by atoms with van der Waals surface area (Å²) in [5, 5.41) is 0. The minimum absolute atomic E-state index is 0.0252. The van der Waals surface area contributed by atoms with E-state index in [1.165, 1.54) is 13.2 Å². The smallest absolute Gasteiger partial charge is 0.269 e. The molecule has 0 radical (unpaired) electrons. The minimum Gasteiger partial charge on any atom is -0.493 e. The molecule has 0 bridgehead atoms. The Morgan fingerprint density at radius 1 is 1.21 bits per heavy atom. The second-order valence-corrected chi connectivity index (χ2v) is 9.42. The Morgan fingerprint density at radius 2 is 1.94 bits per heavy atom. The van der Waals surface area contributed by atoms with Crippen molar-refractivity contribution in [2.45, 2.75) is 59.4 Å². The van der Waals surface area contributed by atoms with E-state index < -0.39 is 6.08 Å². The van der Waals surface area contributed by atoms with Gasteiger partial charge in [0.2, 0.25) is 0 Å². The van der Waals surface area contributed by atoms with Crippen molar-refractivity contribution in [1.82, 2.24) is 4.57 Å². The van der Waals surface area contributed by atoms with Crippen molar-refractivity contribution in [3.63, 3.8) is 0 Å². The van der Waals surface area contributed by atoms with Crippen molar-refractivity contribution in [3.8, 4) is 22.8 Å². The zero-order valence-electron chi connectivity index (χ0n) is 19.8. The number of unbranched alkanes of at least 4 members (excludes halogenated alkanes) is 1. The molecule has 2 heterocycles. The van der Waals surface area contributed by atoms with Gasteiger partial charge < -0.3 is 14.0 Å². The monoisotopic (exact) mass is 459 g/mol. The summed E-state index contributed by atoms with van der Waals surface area (Å²) >= 11 is 0. The van der Waals surface area contributed by atoms with Crippen molar-refractivity contribution in [1.29, 1.82) is 0 Å². The quantitative estimate of drug-likeness (QED) is 0.441. The largest absolute Gasteiger partial charge is 0.493 e. The molecule has 0 spiro atoms. The van der Waals surface area contributed by atoms with Crippen LogP contribution in [0, 0.1) is 5.41 Å². The lowest BCUT2D eigenvalue weighted by atomic mass is 9.78. The molecule has 1 aromatic carbocycles. The van der Waals surface area contributed by atoms with Crippen LogP contribution >= 0.6 is 0 Å². The van der Waals surface area contributed by atoms with Crippen LogP contribution in [0.1, 0.15) is 68.9 Å². The van der Waals surface area contributed by atoms with Gasteiger partial charge in [0.25, 0.3) is 6.08 Å². The lowest BCUT2D eigenvalue weighted by molar-refractivity contribution is 0.0977. The highest BCUT2D eigenvalue weighted by molar-refractivity contribution is 5.96. The molecular weight excluding hydrogens is 428 g/mol. The Bertz CT molecular complexity index is 1120. The average Bonchev–Trinajstić information content (AvgIpc) is 2.75. The summed E-state index contributed by atoms with van der Waals surface area (Å²) < 4.78 is 37.9. The summed E-state index contributed by atoms with van der Waals surface area (Å²) in [4.78, 5) is 25.6. The number of aromatic nitrogens is 1. The second kappa shape index (κ2) is 9.89. The third kappa shape index (κ3) is 5.34. The lowest BCUT2D eigenvalue weighted by Crippen LogP contribution is -2.32. The molecule has 0 fully saturated rings. The standard InChI is InChI=1S/C26H31F2NO4/c1-6-7-8-20(30)18-15-29-19(14-21(18)31)17-13-22(32-5)23(33-10-9-25(27)28)11-16(17)12-24(29)26(2,3)4/h9,11,13-15,24H,6-8,10,12H2,1-5H3. The first-order chi connectivity index (χ1) is 15.6. The summed E-state index contributed by atoms with van der Waals surface area (Å²) in [7, 11) is 1.48. The van der Waals surface area contributed by atoms with Gasteiger partial charge in [-0.05, 0) is 36.0 Å². The van der Waals surface area contributed by atoms with Crippen molar-refractivity contribution >= 4 is 5.78 Å². The molecule has 3 rings (SSSR count). The van der Waals surface area contributed by atoms with Crippen LogP contribution < -0.4 is 14.9 Å². The highest BCUT2D eigenvalue weighted by Crippen LogP contribution is 2.45. The number of ether oxygens (including phenoxy) is 2. The van der Waals surface area contributed by atoms with Crippen molar-refractivity contribution in [3.05, 3.63) is 57.9 Å². The third-order valence-electron chi connectivity index (χ3n) is 6.03. The van der Waals surface area contributed by atoms with Crippen LogP contribution in [0.4, 0.5) is 8.78 Å². The first kappa shape index (κ1) is 24.7. The highest BCUT2D eigenvalue weighted by atomic mass is 19.3. The molecule has 1 aliphatic heterocycles. The van der Waals surface area contributed by atoms with E-state index in [4.69, 9.17) is 9.47 Å². The van der Waals surface area contributed by atoms with E-state index in [1.807, 2.05) is 11.5 Å². The van der Waals surface area contributed by atoms with E-state index in [9.17, 15) is 18.4 Å². The van der Waals surface area contributed by atoms with Gasteiger partial charge in [-0.1, -0.05) is 34.1 Å². The zero-order valence-corrected chi connectivity index (χ0v) is 19.8. The maximum Gasteiger partial charge on any atom is 0.269 e. The number of hydrogen-bond acceptors (Lipinski definition) is 4. The SMILES string of the molecule is CCCCC(=O)c1cn2c(cc1=O)-c1cc(OC)c(OCC=C(F)F)cc1CC2C(C)(C)C. The van der Waals surface area contributed by atoms with E-state index in [-0.39, 0.29) is 34.8 Å². The zero-order chi connectivity index (χ0) is 24.3. The fourth-order valence-corrected chi connectivity index (χ4v) is 4.21. The molecule has 1 atom stereocenters. The van der Waals surface area contributed by atoms with E-state index >= 15 is 0 Å². The van der Waals surface area contributed by atoms with Crippen LogP contribution in [0.15, 0.2) is 41.3 Å². The molecule has 0 saturated heterocycles. The summed E-state index contributed by atoms with van der Waals surface area (Å²) in [6.45, 7) is 8.06. The third-order valence-corrected chi connectivity index (χ3v) is 6.03. The minimum atomic E-state index is -1.81. The van der Waals surface area contributed by atoms with Gasteiger partial charge in [0.05, 0.1) is 18.4 Å². The molecular formula is C26H31F2NO4. The molecule has 1 aromatic heterocycles. The Labute approximate surface area is 193 Å². The predicted octanol–water partition coefficient (Wildman–Crippen LogP) is 6.20. The lowest BCUT2D eigenvalue weighted by Gasteiger charge is -2.39. The molecule has 1 unspecified atom stereocenters. The van der Waals surface area contributed by atoms with E-state index in [2.05, 4.69) is 20.8 Å². The van der Waals surface area contributed by atoms with Gasteiger partial charge in [-0.3, -0.25) is 9.59 Å². The van der Waals surface area contributed by atoms with Crippen LogP contribution in [0.3, 0.4) is 0 Å². The first-order valence-corrected chi connectivity index (χ1v) is 11.2. The van der Waals surface area contributed by atoms with Crippen molar-refractivity contribution in [2.24, 2.45) is 5.41 Å². The van der Waals surface area contributed by atoms with Gasteiger partial charge in [-0.15, -0.1) is 0 Å².